The molecule has 0 amide bonds. The highest BCUT2D eigenvalue weighted by Gasteiger charge is 2.26. The average molecular weight is 213 g/mol. The van der Waals surface area contributed by atoms with Gasteiger partial charge in [-0.1, -0.05) is 0 Å². The maximum atomic E-state index is 9.43. The quantitative estimate of drug-likeness (QED) is 0.777. The van der Waals surface area contributed by atoms with Crippen LogP contribution in [-0.4, -0.2) is 16.2 Å². The smallest absolute Gasteiger partial charge is 0.122 e. The number of aliphatic hydroxyl groups is 1. The normalized spacial score (nSPS) is 28.6. The number of thiazole rings is 1. The minimum absolute atomic E-state index is 0.124. The van der Waals surface area contributed by atoms with Crippen molar-refractivity contribution < 1.29 is 9.84 Å². The van der Waals surface area contributed by atoms with Crippen LogP contribution in [0.15, 0.2) is 0 Å². The lowest BCUT2D eigenvalue weighted by atomic mass is 10.1. The first kappa shape index (κ1) is 10.1. The van der Waals surface area contributed by atoms with Gasteiger partial charge in [0.25, 0.3) is 0 Å². The van der Waals surface area contributed by atoms with Crippen LogP contribution in [0.25, 0.3) is 0 Å². The van der Waals surface area contributed by atoms with E-state index in [9.17, 15) is 5.11 Å². The van der Waals surface area contributed by atoms with E-state index in [-0.39, 0.29) is 12.2 Å². The van der Waals surface area contributed by atoms with Gasteiger partial charge in [-0.3, -0.25) is 0 Å². The summed E-state index contributed by atoms with van der Waals surface area (Å²) in [6.45, 7) is 5.85. The molecule has 2 rings (SSSR count). The van der Waals surface area contributed by atoms with Gasteiger partial charge in [0.05, 0.1) is 22.8 Å². The Kier molecular flexibility index (Phi) is 2.60. The lowest BCUT2D eigenvalue weighted by Gasteiger charge is -2.23. The molecule has 1 aliphatic rings. The third kappa shape index (κ3) is 1.69. The summed E-state index contributed by atoms with van der Waals surface area (Å²) in [5, 5.41) is 10.2. The Bertz CT molecular complexity index is 335. The third-order valence-corrected chi connectivity index (χ3v) is 3.82. The van der Waals surface area contributed by atoms with Crippen molar-refractivity contribution in [1.82, 2.24) is 4.98 Å². The van der Waals surface area contributed by atoms with Crippen molar-refractivity contribution in [2.24, 2.45) is 0 Å². The predicted molar refractivity (Wildman–Crippen MR) is 55.4 cm³/mol. The molecule has 1 aromatic rings. The van der Waals surface area contributed by atoms with Crippen LogP contribution in [0.3, 0.4) is 0 Å². The average Bonchev–Trinajstić information content (AvgIpc) is 2.47. The fraction of sp³-hybridized carbons (Fsp3) is 0.700. The first-order valence-corrected chi connectivity index (χ1v) is 5.72. The molecule has 1 N–H and O–H groups in total. The van der Waals surface area contributed by atoms with E-state index >= 15 is 0 Å². The van der Waals surface area contributed by atoms with Crippen molar-refractivity contribution in [2.75, 3.05) is 0 Å². The highest BCUT2D eigenvalue weighted by atomic mass is 32.1. The van der Waals surface area contributed by atoms with Crippen molar-refractivity contribution >= 4 is 11.3 Å². The SMILES string of the molecule is CC1Cc2nc(C(C)O)sc2C(C)O1. The molecule has 78 valence electrons. The van der Waals surface area contributed by atoms with Crippen LogP contribution in [0.5, 0.6) is 0 Å². The zero-order valence-electron chi connectivity index (χ0n) is 8.65. The van der Waals surface area contributed by atoms with Crippen molar-refractivity contribution in [1.29, 1.82) is 0 Å². The number of nitrogens with zero attached hydrogens (tertiary/aromatic N) is 1. The largest absolute Gasteiger partial charge is 0.386 e. The topological polar surface area (TPSA) is 42.4 Å². The number of hydrogen-bond acceptors (Lipinski definition) is 4. The molecule has 0 aromatic carbocycles. The van der Waals surface area contributed by atoms with Crippen LogP contribution in [0.4, 0.5) is 0 Å². The maximum Gasteiger partial charge on any atom is 0.122 e. The number of aromatic nitrogens is 1. The Hall–Kier alpha value is -0.450. The summed E-state index contributed by atoms with van der Waals surface area (Å²) in [5.74, 6) is 0. The van der Waals surface area contributed by atoms with Crippen molar-refractivity contribution in [2.45, 2.75) is 45.5 Å². The second-order valence-electron chi connectivity index (χ2n) is 3.83. The molecule has 0 saturated heterocycles. The van der Waals surface area contributed by atoms with Crippen LogP contribution in [-0.2, 0) is 11.2 Å². The van der Waals surface area contributed by atoms with E-state index in [2.05, 4.69) is 11.9 Å². The van der Waals surface area contributed by atoms with E-state index in [1.807, 2.05) is 6.92 Å². The fourth-order valence-corrected chi connectivity index (χ4v) is 2.78. The van der Waals surface area contributed by atoms with E-state index in [0.29, 0.717) is 0 Å². The molecular formula is C10H15NO2S. The third-order valence-electron chi connectivity index (χ3n) is 2.39. The highest BCUT2D eigenvalue weighted by molar-refractivity contribution is 7.11. The predicted octanol–water partition coefficient (Wildman–Crippen LogP) is 2.22. The van der Waals surface area contributed by atoms with Crippen LogP contribution >= 0.6 is 11.3 Å². The van der Waals surface area contributed by atoms with Gasteiger partial charge in [0.1, 0.15) is 11.1 Å². The maximum absolute atomic E-state index is 9.43. The molecule has 3 nitrogen and oxygen atoms in total. The fourth-order valence-electron chi connectivity index (χ4n) is 1.76. The second kappa shape index (κ2) is 3.61. The molecule has 0 saturated carbocycles. The standard InChI is InChI=1S/C10H15NO2S/c1-5-4-8-9(7(3)13-5)14-10(11-8)6(2)12/h5-7,12H,4H2,1-3H3. The summed E-state index contributed by atoms with van der Waals surface area (Å²) in [5.41, 5.74) is 1.11. The van der Waals surface area contributed by atoms with E-state index in [4.69, 9.17) is 4.74 Å². The molecule has 1 aromatic heterocycles. The minimum Gasteiger partial charge on any atom is -0.386 e. The van der Waals surface area contributed by atoms with E-state index < -0.39 is 6.10 Å². The van der Waals surface area contributed by atoms with Gasteiger partial charge in [0.15, 0.2) is 0 Å². The zero-order chi connectivity index (χ0) is 10.3. The molecule has 2 heterocycles. The van der Waals surface area contributed by atoms with Crippen LogP contribution in [0, 0.1) is 0 Å². The van der Waals surface area contributed by atoms with Crippen molar-refractivity contribution in [3.63, 3.8) is 0 Å². The number of aliphatic hydroxyl groups excluding tert-OH is 1. The summed E-state index contributed by atoms with van der Waals surface area (Å²) >= 11 is 1.57. The van der Waals surface area contributed by atoms with Crippen LogP contribution in [0.1, 0.15) is 48.6 Å². The van der Waals surface area contributed by atoms with Gasteiger partial charge >= 0.3 is 0 Å². The molecule has 3 atom stereocenters. The monoisotopic (exact) mass is 213 g/mol. The van der Waals surface area contributed by atoms with Crippen LogP contribution < -0.4 is 0 Å². The molecule has 3 unspecified atom stereocenters. The lowest BCUT2D eigenvalue weighted by Crippen LogP contribution is -2.20. The summed E-state index contributed by atoms with van der Waals surface area (Å²) in [4.78, 5) is 5.62. The van der Waals surface area contributed by atoms with Gasteiger partial charge in [-0.05, 0) is 20.8 Å². The Morgan fingerprint density at radius 1 is 1.57 bits per heavy atom. The molecule has 0 radical (unpaired) electrons. The van der Waals surface area contributed by atoms with Gasteiger partial charge in [-0.25, -0.2) is 4.98 Å². The van der Waals surface area contributed by atoms with Gasteiger partial charge in [-0.2, -0.15) is 0 Å². The number of hydrogen-bond donors (Lipinski definition) is 1. The first-order valence-electron chi connectivity index (χ1n) is 4.91. The summed E-state index contributed by atoms with van der Waals surface area (Å²) in [6.07, 6.45) is 0.761. The van der Waals surface area contributed by atoms with E-state index in [0.717, 1.165) is 17.1 Å². The molecule has 0 fully saturated rings. The Morgan fingerprint density at radius 3 is 2.93 bits per heavy atom. The highest BCUT2D eigenvalue weighted by Crippen LogP contribution is 2.35. The number of rotatable bonds is 1. The first-order chi connectivity index (χ1) is 6.58. The molecule has 0 aliphatic carbocycles. The van der Waals surface area contributed by atoms with Crippen molar-refractivity contribution in [3.05, 3.63) is 15.6 Å². The summed E-state index contributed by atoms with van der Waals surface area (Å²) in [6, 6.07) is 0. The number of ether oxygens (including phenoxy) is 1. The van der Waals surface area contributed by atoms with Gasteiger partial charge in [-0.15, -0.1) is 11.3 Å². The zero-order valence-corrected chi connectivity index (χ0v) is 9.47. The number of fused-ring (bicyclic) bond motifs is 1. The Labute approximate surface area is 87.7 Å². The minimum atomic E-state index is -0.465. The van der Waals surface area contributed by atoms with E-state index in [1.165, 1.54) is 4.88 Å². The van der Waals surface area contributed by atoms with Gasteiger partial charge in [0.2, 0.25) is 0 Å². The van der Waals surface area contributed by atoms with Gasteiger partial charge < -0.3 is 9.84 Å². The second-order valence-corrected chi connectivity index (χ2v) is 4.89. The Balaban J connectivity index is 2.35. The molecule has 1 aliphatic heterocycles. The summed E-state index contributed by atoms with van der Waals surface area (Å²) in [7, 11) is 0. The Morgan fingerprint density at radius 2 is 2.29 bits per heavy atom. The van der Waals surface area contributed by atoms with E-state index in [1.54, 1.807) is 18.3 Å². The lowest BCUT2D eigenvalue weighted by molar-refractivity contribution is -0.00321. The molecular weight excluding hydrogens is 198 g/mol. The van der Waals surface area contributed by atoms with Crippen molar-refractivity contribution in [3.8, 4) is 0 Å². The summed E-state index contributed by atoms with van der Waals surface area (Å²) < 4.78 is 5.69. The van der Waals surface area contributed by atoms with Crippen LogP contribution in [0.2, 0.25) is 0 Å². The molecule has 14 heavy (non-hydrogen) atoms. The molecule has 4 heteroatoms. The molecule has 0 bridgehead atoms. The molecule has 0 spiro atoms. The van der Waals surface area contributed by atoms with Gasteiger partial charge in [0, 0.05) is 6.42 Å².